The molecule has 3 saturated heterocycles. The van der Waals surface area contributed by atoms with E-state index in [0.29, 0.717) is 11.9 Å². The summed E-state index contributed by atoms with van der Waals surface area (Å²) in [5, 5.41) is 7.69. The number of aryl methyl sites for hydroxylation is 1. The predicted molar refractivity (Wildman–Crippen MR) is 92.7 cm³/mol. The molecule has 3 aliphatic rings. The van der Waals surface area contributed by atoms with Crippen LogP contribution in [0.15, 0.2) is 12.4 Å². The monoisotopic (exact) mass is 331 g/mol. The predicted octanol–water partition coefficient (Wildman–Crippen LogP) is 0.810. The molecule has 4 heterocycles. The van der Waals surface area contributed by atoms with Gasteiger partial charge in [0.15, 0.2) is 0 Å². The maximum Gasteiger partial charge on any atom is 0.227 e. The molecular weight excluding hydrogens is 302 g/mol. The Kier molecular flexibility index (Phi) is 4.59. The van der Waals surface area contributed by atoms with Crippen LogP contribution >= 0.6 is 0 Å². The number of amides is 1. The van der Waals surface area contributed by atoms with Gasteiger partial charge in [-0.05, 0) is 44.3 Å². The van der Waals surface area contributed by atoms with Crippen LogP contribution in [0.2, 0.25) is 0 Å². The van der Waals surface area contributed by atoms with Gasteiger partial charge in [0.2, 0.25) is 5.91 Å². The number of nitrogens with zero attached hydrogens (tertiary/aromatic N) is 4. The number of hydrogen-bond donors (Lipinski definition) is 1. The van der Waals surface area contributed by atoms with Gasteiger partial charge in [-0.1, -0.05) is 0 Å². The number of piperidine rings is 1. The molecule has 0 saturated carbocycles. The minimum Gasteiger partial charge on any atom is -0.342 e. The van der Waals surface area contributed by atoms with Crippen molar-refractivity contribution in [1.29, 1.82) is 0 Å². The second kappa shape index (κ2) is 6.84. The summed E-state index contributed by atoms with van der Waals surface area (Å²) in [5.41, 5.74) is 1.19. The van der Waals surface area contributed by atoms with Gasteiger partial charge in [0.1, 0.15) is 0 Å². The van der Waals surface area contributed by atoms with Crippen LogP contribution in [-0.4, -0.2) is 70.8 Å². The van der Waals surface area contributed by atoms with E-state index in [0.717, 1.165) is 39.0 Å². The molecule has 1 amide bonds. The molecular formula is C18H29N5O. The molecule has 6 nitrogen and oxygen atoms in total. The van der Waals surface area contributed by atoms with E-state index >= 15 is 0 Å². The van der Waals surface area contributed by atoms with E-state index in [1.807, 2.05) is 17.9 Å². The van der Waals surface area contributed by atoms with E-state index < -0.39 is 0 Å². The molecule has 1 aromatic rings. The van der Waals surface area contributed by atoms with Crippen LogP contribution in [0.4, 0.5) is 0 Å². The molecule has 0 spiro atoms. The van der Waals surface area contributed by atoms with Crippen LogP contribution in [0.3, 0.4) is 0 Å². The second-order valence-corrected chi connectivity index (χ2v) is 7.62. The Balaban J connectivity index is 1.37. The zero-order valence-corrected chi connectivity index (χ0v) is 14.7. The minimum atomic E-state index is 0.0672. The highest BCUT2D eigenvalue weighted by Crippen LogP contribution is 2.30. The number of aromatic nitrogens is 2. The number of hydrogen-bond acceptors (Lipinski definition) is 4. The van der Waals surface area contributed by atoms with E-state index in [2.05, 4.69) is 26.4 Å². The molecule has 2 atom stereocenters. The summed E-state index contributed by atoms with van der Waals surface area (Å²) in [6, 6.07) is 0.701. The van der Waals surface area contributed by atoms with E-state index in [1.54, 1.807) is 0 Å². The van der Waals surface area contributed by atoms with Gasteiger partial charge in [-0.2, -0.15) is 5.10 Å². The number of likely N-dealkylation sites (tertiary alicyclic amines) is 2. The summed E-state index contributed by atoms with van der Waals surface area (Å²) in [6.07, 6.45) is 8.95. The lowest BCUT2D eigenvalue weighted by atomic mass is 9.89. The molecule has 0 bridgehead atoms. The molecule has 1 N–H and O–H groups in total. The third kappa shape index (κ3) is 3.09. The van der Waals surface area contributed by atoms with Gasteiger partial charge in [-0.25, -0.2) is 0 Å². The Bertz CT molecular complexity index is 572. The lowest BCUT2D eigenvalue weighted by Crippen LogP contribution is -2.48. The quantitative estimate of drug-likeness (QED) is 0.891. The smallest absolute Gasteiger partial charge is 0.227 e. The van der Waals surface area contributed by atoms with Crippen molar-refractivity contribution >= 4 is 5.91 Å². The third-order valence-corrected chi connectivity index (χ3v) is 6.12. The molecule has 132 valence electrons. The maximum absolute atomic E-state index is 13.1. The standard InChI is InChI=1S/C18H29N5O/c1-21-13-14(10-20-21)16-11-19-12-17(16)18(24)23-8-4-15(5-9-23)22-6-2-3-7-22/h10,13,15-17,19H,2-9,11-12H2,1H3/t16-,17+/m1/s1. The zero-order chi connectivity index (χ0) is 16.5. The fraction of sp³-hybridized carbons (Fsp3) is 0.778. The summed E-state index contributed by atoms with van der Waals surface area (Å²) in [7, 11) is 1.94. The molecule has 1 aromatic heterocycles. The van der Waals surface area contributed by atoms with Gasteiger partial charge in [0, 0.05) is 51.4 Å². The molecule has 3 aliphatic heterocycles. The lowest BCUT2D eigenvalue weighted by molar-refractivity contribution is -0.136. The van der Waals surface area contributed by atoms with Crippen molar-refractivity contribution in [2.24, 2.45) is 13.0 Å². The molecule has 0 unspecified atom stereocenters. The zero-order valence-electron chi connectivity index (χ0n) is 14.7. The molecule has 6 heteroatoms. The average Bonchev–Trinajstić information content (AvgIpc) is 3.35. The van der Waals surface area contributed by atoms with Gasteiger partial charge in [-0.15, -0.1) is 0 Å². The van der Waals surface area contributed by atoms with Crippen molar-refractivity contribution in [2.75, 3.05) is 39.3 Å². The van der Waals surface area contributed by atoms with Crippen molar-refractivity contribution in [1.82, 2.24) is 24.9 Å². The van der Waals surface area contributed by atoms with Crippen molar-refractivity contribution in [2.45, 2.75) is 37.6 Å². The highest BCUT2D eigenvalue weighted by molar-refractivity contribution is 5.80. The van der Waals surface area contributed by atoms with Crippen LogP contribution < -0.4 is 5.32 Å². The highest BCUT2D eigenvalue weighted by Gasteiger charge is 2.38. The number of rotatable bonds is 3. The van der Waals surface area contributed by atoms with Crippen LogP contribution in [0, 0.1) is 5.92 Å². The first-order valence-corrected chi connectivity index (χ1v) is 9.44. The molecule has 0 aliphatic carbocycles. The normalized spacial score (nSPS) is 29.5. The van der Waals surface area contributed by atoms with E-state index in [4.69, 9.17) is 0 Å². The Morgan fingerprint density at radius 3 is 2.58 bits per heavy atom. The highest BCUT2D eigenvalue weighted by atomic mass is 16.2. The first-order chi connectivity index (χ1) is 11.7. The van der Waals surface area contributed by atoms with Crippen LogP contribution in [-0.2, 0) is 11.8 Å². The Hall–Kier alpha value is -1.40. The number of nitrogens with one attached hydrogen (secondary N) is 1. The average molecular weight is 331 g/mol. The van der Waals surface area contributed by atoms with Crippen LogP contribution in [0.1, 0.15) is 37.2 Å². The summed E-state index contributed by atoms with van der Waals surface area (Å²) >= 11 is 0. The first kappa shape index (κ1) is 16.1. The van der Waals surface area contributed by atoms with Crippen molar-refractivity contribution < 1.29 is 4.79 Å². The molecule has 0 aromatic carbocycles. The van der Waals surface area contributed by atoms with Crippen molar-refractivity contribution in [3.63, 3.8) is 0 Å². The maximum atomic E-state index is 13.1. The van der Waals surface area contributed by atoms with Crippen molar-refractivity contribution in [3.05, 3.63) is 18.0 Å². The fourth-order valence-electron chi connectivity index (χ4n) is 4.71. The molecule has 3 fully saturated rings. The fourth-order valence-corrected chi connectivity index (χ4v) is 4.71. The lowest BCUT2D eigenvalue weighted by Gasteiger charge is -2.38. The summed E-state index contributed by atoms with van der Waals surface area (Å²) in [4.78, 5) is 17.8. The van der Waals surface area contributed by atoms with Gasteiger partial charge in [0.05, 0.1) is 12.1 Å². The Morgan fingerprint density at radius 2 is 1.92 bits per heavy atom. The van der Waals surface area contributed by atoms with Gasteiger partial charge in [0.25, 0.3) is 0 Å². The van der Waals surface area contributed by atoms with Gasteiger partial charge < -0.3 is 15.1 Å². The summed E-state index contributed by atoms with van der Waals surface area (Å²) in [6.45, 7) is 6.05. The largest absolute Gasteiger partial charge is 0.342 e. The summed E-state index contributed by atoms with van der Waals surface area (Å²) in [5.74, 6) is 0.675. The SMILES string of the molecule is Cn1cc([C@H]2CNC[C@@H]2C(=O)N2CCC(N3CCCC3)CC2)cn1. The van der Waals surface area contributed by atoms with Crippen LogP contribution in [0.25, 0.3) is 0 Å². The Morgan fingerprint density at radius 1 is 1.17 bits per heavy atom. The second-order valence-electron chi connectivity index (χ2n) is 7.62. The number of carbonyl (C=O) groups is 1. The van der Waals surface area contributed by atoms with E-state index in [-0.39, 0.29) is 11.8 Å². The molecule has 0 radical (unpaired) electrons. The molecule has 4 rings (SSSR count). The number of carbonyl (C=O) groups excluding carboxylic acids is 1. The minimum absolute atomic E-state index is 0.0672. The van der Waals surface area contributed by atoms with Crippen LogP contribution in [0.5, 0.6) is 0 Å². The van der Waals surface area contributed by atoms with Gasteiger partial charge in [-0.3, -0.25) is 9.48 Å². The molecule has 24 heavy (non-hydrogen) atoms. The third-order valence-electron chi connectivity index (χ3n) is 6.12. The Labute approximate surface area is 144 Å². The van der Waals surface area contributed by atoms with Crippen molar-refractivity contribution in [3.8, 4) is 0 Å². The van der Waals surface area contributed by atoms with E-state index in [1.165, 1.54) is 31.5 Å². The van der Waals surface area contributed by atoms with E-state index in [9.17, 15) is 4.79 Å². The first-order valence-electron chi connectivity index (χ1n) is 9.44. The topological polar surface area (TPSA) is 53.4 Å². The van der Waals surface area contributed by atoms with Gasteiger partial charge >= 0.3 is 0 Å². The summed E-state index contributed by atoms with van der Waals surface area (Å²) < 4.78 is 1.83.